The fourth-order valence-corrected chi connectivity index (χ4v) is 4.88. The van der Waals surface area contributed by atoms with Crippen LogP contribution in [0.3, 0.4) is 0 Å². The van der Waals surface area contributed by atoms with Crippen molar-refractivity contribution in [3.05, 3.63) is 69.0 Å². The van der Waals surface area contributed by atoms with Gasteiger partial charge in [-0.1, -0.05) is 22.8 Å². The second-order valence-corrected chi connectivity index (χ2v) is 10.1. The third-order valence-corrected chi connectivity index (χ3v) is 7.03. The van der Waals surface area contributed by atoms with E-state index >= 15 is 0 Å². The number of halogens is 11. The summed E-state index contributed by atoms with van der Waals surface area (Å²) >= 11 is 5.50. The molecule has 0 bridgehead atoms. The summed E-state index contributed by atoms with van der Waals surface area (Å²) in [5.74, 6) is -3.56. The SMILES string of the molecule is Cc1cc(C2=NOC(c3cc(C(F)(F)F)cc(Cl)c3F)(C(F)(F)F)C2)ccc1C(=O)N[C@H]1CCN(CC(F)(F)F)C1=O. The fraction of sp³-hybridized carbons (Fsp3) is 0.400. The number of hydrogen-bond donors (Lipinski definition) is 1. The van der Waals surface area contributed by atoms with Gasteiger partial charge in [-0.25, -0.2) is 4.39 Å². The van der Waals surface area contributed by atoms with Crippen LogP contribution in [-0.2, 0) is 21.4 Å². The predicted octanol–water partition coefficient (Wildman–Crippen LogP) is 6.28. The first-order valence-corrected chi connectivity index (χ1v) is 12.3. The van der Waals surface area contributed by atoms with Gasteiger partial charge in [0.2, 0.25) is 5.91 Å². The minimum absolute atomic E-state index is 0.0496. The maximum Gasteiger partial charge on any atom is 0.435 e. The molecule has 0 radical (unpaired) electrons. The standard InChI is InChI=1S/C25H18ClF10N3O3/c1-11-6-12(2-3-14(11)20(40)37-17-4-5-39(21(17)41)10-23(28,29)30)18-9-22(42-38-18,25(34,35)36)15-7-13(24(31,32)33)8-16(26)19(15)27/h2-3,6-8,17H,4-5,9-10H2,1H3,(H,37,40)/t17-,22?/m0/s1. The number of hydrogen-bond acceptors (Lipinski definition) is 4. The maximum absolute atomic E-state index is 14.8. The van der Waals surface area contributed by atoms with Crippen molar-refractivity contribution in [2.45, 2.75) is 49.9 Å². The molecule has 0 saturated carbocycles. The monoisotopic (exact) mass is 633 g/mol. The van der Waals surface area contributed by atoms with Crippen LogP contribution in [0.5, 0.6) is 0 Å². The van der Waals surface area contributed by atoms with E-state index in [1.807, 2.05) is 0 Å². The Hall–Kier alpha value is -3.56. The summed E-state index contributed by atoms with van der Waals surface area (Å²) in [7, 11) is 0. The minimum Gasteiger partial charge on any atom is -0.374 e. The molecule has 0 aliphatic carbocycles. The van der Waals surface area contributed by atoms with Gasteiger partial charge in [0.1, 0.15) is 18.4 Å². The number of likely N-dealkylation sites (tertiary alicyclic amines) is 1. The largest absolute Gasteiger partial charge is 0.435 e. The molecule has 42 heavy (non-hydrogen) atoms. The number of amides is 2. The highest BCUT2D eigenvalue weighted by Gasteiger charge is 2.64. The van der Waals surface area contributed by atoms with E-state index < -0.39 is 82.6 Å². The van der Waals surface area contributed by atoms with Crippen LogP contribution in [0.4, 0.5) is 43.9 Å². The zero-order valence-corrected chi connectivity index (χ0v) is 21.8. The van der Waals surface area contributed by atoms with E-state index in [0.29, 0.717) is 4.90 Å². The molecule has 2 aromatic carbocycles. The Balaban J connectivity index is 1.57. The van der Waals surface area contributed by atoms with Crippen LogP contribution in [0.25, 0.3) is 0 Å². The van der Waals surface area contributed by atoms with Crippen LogP contribution in [0, 0.1) is 12.7 Å². The fourth-order valence-electron chi connectivity index (χ4n) is 4.66. The van der Waals surface area contributed by atoms with E-state index in [-0.39, 0.29) is 41.8 Å². The molecule has 0 aromatic heterocycles. The Kier molecular flexibility index (Phi) is 7.93. The number of rotatable bonds is 5. The van der Waals surface area contributed by atoms with E-state index in [1.165, 1.54) is 13.0 Å². The average Bonchev–Trinajstić information content (AvgIpc) is 3.44. The quantitative estimate of drug-likeness (QED) is 0.394. The number of nitrogens with one attached hydrogen (secondary N) is 1. The van der Waals surface area contributed by atoms with Crippen molar-refractivity contribution in [3.8, 4) is 0 Å². The first kappa shape index (κ1) is 31.4. The van der Waals surface area contributed by atoms with Crippen LogP contribution in [-0.4, -0.2) is 53.9 Å². The lowest BCUT2D eigenvalue weighted by Gasteiger charge is -2.30. The van der Waals surface area contributed by atoms with E-state index in [2.05, 4.69) is 15.3 Å². The summed E-state index contributed by atoms with van der Waals surface area (Å²) in [6, 6.07) is 2.34. The van der Waals surface area contributed by atoms with Crippen LogP contribution in [0.2, 0.25) is 5.02 Å². The number of carbonyl (C=O) groups is 2. The van der Waals surface area contributed by atoms with Gasteiger partial charge < -0.3 is 15.1 Å². The summed E-state index contributed by atoms with van der Waals surface area (Å²) < 4.78 is 135. The second-order valence-electron chi connectivity index (χ2n) is 9.67. The van der Waals surface area contributed by atoms with Crippen molar-refractivity contribution in [1.82, 2.24) is 10.2 Å². The Morgan fingerprint density at radius 2 is 1.79 bits per heavy atom. The van der Waals surface area contributed by atoms with Gasteiger partial charge in [0.15, 0.2) is 0 Å². The highest BCUT2D eigenvalue weighted by atomic mass is 35.5. The van der Waals surface area contributed by atoms with Crippen LogP contribution < -0.4 is 5.32 Å². The Labute approximate surface area is 235 Å². The first-order chi connectivity index (χ1) is 19.2. The Morgan fingerprint density at radius 1 is 1.12 bits per heavy atom. The lowest BCUT2D eigenvalue weighted by molar-refractivity contribution is -0.276. The van der Waals surface area contributed by atoms with Crippen LogP contribution in [0.15, 0.2) is 35.5 Å². The van der Waals surface area contributed by atoms with Gasteiger partial charge in [0.25, 0.3) is 11.5 Å². The molecule has 1 N–H and O–H groups in total. The van der Waals surface area contributed by atoms with Gasteiger partial charge in [-0.05, 0) is 48.7 Å². The van der Waals surface area contributed by atoms with E-state index in [1.54, 1.807) is 0 Å². The van der Waals surface area contributed by atoms with Gasteiger partial charge >= 0.3 is 18.5 Å². The third-order valence-electron chi connectivity index (χ3n) is 6.75. The van der Waals surface area contributed by atoms with Gasteiger partial charge in [0.05, 0.1) is 22.7 Å². The van der Waals surface area contributed by atoms with Crippen LogP contribution >= 0.6 is 11.6 Å². The minimum atomic E-state index is -5.46. The number of aryl methyl sites for hydroxylation is 1. The number of benzene rings is 2. The lowest BCUT2D eigenvalue weighted by Crippen LogP contribution is -2.44. The van der Waals surface area contributed by atoms with Crippen molar-refractivity contribution >= 4 is 29.1 Å². The van der Waals surface area contributed by atoms with Crippen LogP contribution in [0.1, 0.15) is 45.5 Å². The molecule has 1 saturated heterocycles. The highest BCUT2D eigenvalue weighted by molar-refractivity contribution is 6.30. The van der Waals surface area contributed by atoms with Crippen molar-refractivity contribution in [2.75, 3.05) is 13.1 Å². The molecule has 1 fully saturated rings. The molecule has 2 atom stereocenters. The third kappa shape index (κ3) is 5.99. The molecule has 2 aliphatic rings. The van der Waals surface area contributed by atoms with E-state index in [0.717, 1.165) is 12.1 Å². The molecule has 17 heteroatoms. The topological polar surface area (TPSA) is 71.0 Å². The van der Waals surface area contributed by atoms with Crippen molar-refractivity contribution < 1.29 is 58.3 Å². The van der Waals surface area contributed by atoms with Gasteiger partial charge in [-0.2, -0.15) is 39.5 Å². The van der Waals surface area contributed by atoms with Gasteiger partial charge in [-0.15, -0.1) is 0 Å². The van der Waals surface area contributed by atoms with Crippen molar-refractivity contribution in [3.63, 3.8) is 0 Å². The lowest BCUT2D eigenvalue weighted by atomic mass is 9.85. The van der Waals surface area contributed by atoms with Gasteiger partial charge in [0, 0.05) is 17.7 Å². The molecule has 4 rings (SSSR count). The zero-order chi connectivity index (χ0) is 31.4. The summed E-state index contributed by atoms with van der Waals surface area (Å²) in [6.45, 7) is -0.351. The first-order valence-electron chi connectivity index (χ1n) is 11.9. The Morgan fingerprint density at radius 3 is 2.36 bits per heavy atom. The highest BCUT2D eigenvalue weighted by Crippen LogP contribution is 2.51. The summed E-state index contributed by atoms with van der Waals surface area (Å²) in [5, 5.41) is 4.49. The molecule has 2 aromatic rings. The molecule has 2 aliphatic heterocycles. The molecule has 2 heterocycles. The molecule has 1 unspecified atom stereocenters. The second kappa shape index (κ2) is 10.6. The maximum atomic E-state index is 14.8. The summed E-state index contributed by atoms with van der Waals surface area (Å²) in [4.78, 5) is 30.1. The summed E-state index contributed by atoms with van der Waals surface area (Å²) in [6.07, 6.45) is -16.6. The van der Waals surface area contributed by atoms with E-state index in [4.69, 9.17) is 11.6 Å². The predicted molar refractivity (Wildman–Crippen MR) is 126 cm³/mol. The van der Waals surface area contributed by atoms with Crippen molar-refractivity contribution in [1.29, 1.82) is 0 Å². The van der Waals surface area contributed by atoms with Gasteiger partial charge in [-0.3, -0.25) is 9.59 Å². The number of nitrogens with zero attached hydrogens (tertiary/aromatic N) is 2. The number of carbonyl (C=O) groups excluding carboxylic acids is 2. The van der Waals surface area contributed by atoms with E-state index in [9.17, 15) is 53.5 Å². The molecule has 0 spiro atoms. The molecular weight excluding hydrogens is 616 g/mol. The van der Waals surface area contributed by atoms with Crippen molar-refractivity contribution in [2.24, 2.45) is 5.16 Å². The molecule has 228 valence electrons. The average molecular weight is 634 g/mol. The Bertz CT molecular complexity index is 1450. The normalized spacial score (nSPS) is 21.4. The smallest absolute Gasteiger partial charge is 0.374 e. The zero-order valence-electron chi connectivity index (χ0n) is 21.1. The molecule has 2 amide bonds. The molecular formula is C25H18ClF10N3O3. The number of alkyl halides is 9. The summed E-state index contributed by atoms with van der Waals surface area (Å²) in [5.41, 5.74) is -7.25. The number of oxime groups is 1. The molecule has 6 nitrogen and oxygen atoms in total.